The van der Waals surface area contributed by atoms with Crippen molar-refractivity contribution < 1.29 is 17.2 Å². The maximum absolute atomic E-state index is 10.6. The van der Waals surface area contributed by atoms with E-state index < -0.39 is 10.4 Å². The van der Waals surface area contributed by atoms with Gasteiger partial charge in [-0.1, -0.05) is 48.5 Å². The van der Waals surface area contributed by atoms with Crippen LogP contribution in [0.5, 0.6) is 0 Å². The Kier molecular flexibility index (Phi) is 9.21. The first-order valence-corrected chi connectivity index (χ1v) is 10.8. The Hall–Kier alpha value is -3.89. The number of hydrogen-bond donors (Lipinski definition) is 2. The van der Waals surface area contributed by atoms with Crippen molar-refractivity contribution in [2.75, 3.05) is 23.8 Å². The Balaban J connectivity index is 0.000000278. The monoisotopic (exact) mass is 450 g/mol. The second-order valence-electron chi connectivity index (χ2n) is 6.52. The molecule has 0 amide bonds. The van der Waals surface area contributed by atoms with Gasteiger partial charge in [0.05, 0.1) is 23.8 Å². The second kappa shape index (κ2) is 12.1. The van der Waals surface area contributed by atoms with Crippen LogP contribution in [0.25, 0.3) is 0 Å². The number of nitrogens with zero attached hydrogens (tertiary/aromatic N) is 3. The molecule has 32 heavy (non-hydrogen) atoms. The summed E-state index contributed by atoms with van der Waals surface area (Å²) in [6, 6.07) is 27.9. The Morgan fingerprint density at radius 3 is 2.12 bits per heavy atom. The lowest BCUT2D eigenvalue weighted by atomic mass is 10.1. The lowest BCUT2D eigenvalue weighted by Crippen LogP contribution is -2.27. The summed E-state index contributed by atoms with van der Waals surface area (Å²) in [5.74, 6) is 0. The molecule has 0 saturated heterocycles. The van der Waals surface area contributed by atoms with Crippen LogP contribution in [-0.4, -0.2) is 26.1 Å². The van der Waals surface area contributed by atoms with Gasteiger partial charge >= 0.3 is 10.4 Å². The number of nitrogen functional groups attached to an aromatic ring is 1. The Morgan fingerprint density at radius 1 is 0.938 bits per heavy atom. The number of para-hydroxylation sites is 1. The summed E-state index contributed by atoms with van der Waals surface area (Å²) in [5.41, 5.74) is 8.70. The SMILES string of the molecule is N#Cc1ccc(N)c(C#N)c1.O=S(=O)(O)OCCN(Cc1ccccc1)c1ccccc1. The average Bonchev–Trinajstić information content (AvgIpc) is 2.80. The van der Waals surface area contributed by atoms with Crippen molar-refractivity contribution in [2.24, 2.45) is 0 Å². The van der Waals surface area contributed by atoms with Crippen LogP contribution in [0.3, 0.4) is 0 Å². The van der Waals surface area contributed by atoms with Crippen LogP contribution >= 0.6 is 0 Å². The molecule has 164 valence electrons. The fourth-order valence-electron chi connectivity index (χ4n) is 2.72. The van der Waals surface area contributed by atoms with Gasteiger partial charge in [-0.3, -0.25) is 4.55 Å². The Morgan fingerprint density at radius 2 is 1.56 bits per heavy atom. The molecule has 3 rings (SSSR count). The smallest absolute Gasteiger partial charge is 0.397 e. The third-order valence-electron chi connectivity index (χ3n) is 4.23. The van der Waals surface area contributed by atoms with E-state index in [2.05, 4.69) is 4.18 Å². The highest BCUT2D eigenvalue weighted by Crippen LogP contribution is 2.16. The van der Waals surface area contributed by atoms with Gasteiger partial charge in [0.2, 0.25) is 0 Å². The summed E-state index contributed by atoms with van der Waals surface area (Å²) < 4.78 is 34.3. The van der Waals surface area contributed by atoms with E-state index in [1.165, 1.54) is 6.07 Å². The van der Waals surface area contributed by atoms with Gasteiger partial charge in [-0.05, 0) is 35.9 Å². The van der Waals surface area contributed by atoms with Crippen molar-refractivity contribution in [3.63, 3.8) is 0 Å². The summed E-state index contributed by atoms with van der Waals surface area (Å²) >= 11 is 0. The summed E-state index contributed by atoms with van der Waals surface area (Å²) in [4.78, 5) is 1.99. The average molecular weight is 451 g/mol. The Bertz CT molecular complexity index is 1190. The minimum absolute atomic E-state index is 0.111. The maximum Gasteiger partial charge on any atom is 0.397 e. The molecule has 3 aromatic carbocycles. The molecule has 0 spiro atoms. The minimum atomic E-state index is -4.40. The molecule has 3 aromatic rings. The molecule has 3 N–H and O–H groups in total. The van der Waals surface area contributed by atoms with Gasteiger partial charge in [0.25, 0.3) is 0 Å². The lowest BCUT2D eigenvalue weighted by molar-refractivity contribution is 0.273. The second-order valence-corrected chi connectivity index (χ2v) is 7.61. The molecule has 9 heteroatoms. The van der Waals surface area contributed by atoms with Gasteiger partial charge in [0.1, 0.15) is 6.07 Å². The molecule has 0 aliphatic heterocycles. The van der Waals surface area contributed by atoms with Gasteiger partial charge in [-0.2, -0.15) is 18.9 Å². The van der Waals surface area contributed by atoms with E-state index in [1.807, 2.05) is 77.7 Å². The fraction of sp³-hybridized carbons (Fsp3) is 0.130. The van der Waals surface area contributed by atoms with E-state index in [0.29, 0.717) is 29.9 Å². The van der Waals surface area contributed by atoms with E-state index in [1.54, 1.807) is 12.1 Å². The maximum atomic E-state index is 10.6. The van der Waals surface area contributed by atoms with Crippen molar-refractivity contribution in [2.45, 2.75) is 6.54 Å². The number of nitriles is 2. The van der Waals surface area contributed by atoms with Crippen LogP contribution in [0.15, 0.2) is 78.9 Å². The van der Waals surface area contributed by atoms with Crippen molar-refractivity contribution in [1.82, 2.24) is 0 Å². The third-order valence-corrected chi connectivity index (χ3v) is 4.70. The number of hydrogen-bond acceptors (Lipinski definition) is 7. The molecule has 0 unspecified atom stereocenters. The Labute approximate surface area is 187 Å². The zero-order valence-electron chi connectivity index (χ0n) is 17.1. The van der Waals surface area contributed by atoms with E-state index >= 15 is 0 Å². The highest BCUT2D eigenvalue weighted by Gasteiger charge is 2.10. The van der Waals surface area contributed by atoms with Crippen molar-refractivity contribution in [3.05, 3.63) is 95.6 Å². The molecule has 0 bridgehead atoms. The van der Waals surface area contributed by atoms with Crippen molar-refractivity contribution in [1.29, 1.82) is 10.5 Å². The van der Waals surface area contributed by atoms with Crippen LogP contribution in [0.2, 0.25) is 0 Å². The van der Waals surface area contributed by atoms with E-state index in [0.717, 1.165) is 11.3 Å². The molecule has 0 aliphatic rings. The number of benzene rings is 3. The molecule has 0 aromatic heterocycles. The first kappa shape index (κ1) is 24.4. The number of nitrogens with two attached hydrogens (primary N) is 1. The molecule has 0 fully saturated rings. The van der Waals surface area contributed by atoms with Gasteiger partial charge in [-0.15, -0.1) is 0 Å². The third kappa shape index (κ3) is 8.46. The van der Waals surface area contributed by atoms with Crippen LogP contribution in [0.4, 0.5) is 11.4 Å². The normalized spacial score (nSPS) is 10.2. The lowest BCUT2D eigenvalue weighted by Gasteiger charge is -2.24. The summed E-state index contributed by atoms with van der Waals surface area (Å²) in [6.45, 7) is 0.860. The molecule has 0 aliphatic carbocycles. The highest BCUT2D eigenvalue weighted by atomic mass is 32.3. The quantitative estimate of drug-likeness (QED) is 0.411. The van der Waals surface area contributed by atoms with Gasteiger partial charge in [-0.25, -0.2) is 4.18 Å². The van der Waals surface area contributed by atoms with E-state index in [9.17, 15) is 8.42 Å². The fourth-order valence-corrected chi connectivity index (χ4v) is 3.00. The van der Waals surface area contributed by atoms with Crippen LogP contribution < -0.4 is 10.6 Å². The zero-order valence-corrected chi connectivity index (χ0v) is 17.9. The van der Waals surface area contributed by atoms with Crippen LogP contribution in [0, 0.1) is 22.7 Å². The summed E-state index contributed by atoms with van der Waals surface area (Å²) in [5, 5.41) is 16.9. The summed E-state index contributed by atoms with van der Waals surface area (Å²) in [7, 11) is -4.40. The number of rotatable bonds is 7. The predicted molar refractivity (Wildman–Crippen MR) is 122 cm³/mol. The highest BCUT2D eigenvalue weighted by molar-refractivity contribution is 7.80. The van der Waals surface area contributed by atoms with Gasteiger partial charge in [0, 0.05) is 24.5 Å². The number of anilines is 2. The minimum Gasteiger partial charge on any atom is -0.398 e. The summed E-state index contributed by atoms with van der Waals surface area (Å²) in [6.07, 6.45) is 0. The first-order chi connectivity index (χ1) is 15.3. The molecule has 0 radical (unpaired) electrons. The molecule has 8 nitrogen and oxygen atoms in total. The zero-order chi connectivity index (χ0) is 23.4. The van der Waals surface area contributed by atoms with Gasteiger partial charge < -0.3 is 10.6 Å². The van der Waals surface area contributed by atoms with E-state index in [-0.39, 0.29) is 6.61 Å². The topological polar surface area (TPSA) is 140 Å². The largest absolute Gasteiger partial charge is 0.398 e. The first-order valence-electron chi connectivity index (χ1n) is 9.48. The van der Waals surface area contributed by atoms with E-state index in [4.69, 9.17) is 20.8 Å². The van der Waals surface area contributed by atoms with Crippen molar-refractivity contribution >= 4 is 21.8 Å². The molecular weight excluding hydrogens is 428 g/mol. The van der Waals surface area contributed by atoms with Crippen LogP contribution in [-0.2, 0) is 21.1 Å². The van der Waals surface area contributed by atoms with Gasteiger partial charge in [0.15, 0.2) is 0 Å². The molecule has 0 saturated carbocycles. The predicted octanol–water partition coefficient (Wildman–Crippen LogP) is 3.52. The van der Waals surface area contributed by atoms with Crippen molar-refractivity contribution in [3.8, 4) is 12.1 Å². The molecule has 0 atom stereocenters. The van der Waals surface area contributed by atoms with Crippen LogP contribution in [0.1, 0.15) is 16.7 Å². The molecule has 0 heterocycles. The molecular formula is C23H22N4O4S. The standard InChI is InChI=1S/C15H17NO4S.C8H5N3/c17-21(18,19)20-12-11-16(15-9-5-2-6-10-15)13-14-7-3-1-4-8-14;9-4-6-1-2-8(11)7(3-6)5-10/h1-10H,11-13H2,(H,17,18,19);1-3H,11H2.